The molecule has 0 aromatic carbocycles. The third-order valence-corrected chi connectivity index (χ3v) is 2.17. The Morgan fingerprint density at radius 2 is 2.50 bits per heavy atom. The van der Waals surface area contributed by atoms with Gasteiger partial charge in [-0.1, -0.05) is 19.6 Å². The van der Waals surface area contributed by atoms with Crippen LogP contribution in [0.1, 0.15) is 21.1 Å². The zero-order valence-corrected chi connectivity index (χ0v) is 6.32. The lowest BCUT2D eigenvalue weighted by atomic mass is 10.4. The van der Waals surface area contributed by atoms with Crippen LogP contribution in [0.25, 0.3) is 0 Å². The quantitative estimate of drug-likeness (QED) is 0.463. The van der Waals surface area contributed by atoms with E-state index in [1.165, 1.54) is 0 Å². The van der Waals surface area contributed by atoms with Gasteiger partial charge in [-0.25, -0.2) is 0 Å². The van der Waals surface area contributed by atoms with Crippen LogP contribution in [0.5, 0.6) is 0 Å². The van der Waals surface area contributed by atoms with Crippen molar-refractivity contribution in [3.05, 3.63) is 0 Å². The Morgan fingerprint density at radius 3 is 2.88 bits per heavy atom. The molecule has 0 saturated heterocycles. The normalized spacial score (nSPS) is 19.5. The van der Waals surface area contributed by atoms with Gasteiger partial charge in [-0.05, 0) is 26.4 Å². The summed E-state index contributed by atoms with van der Waals surface area (Å²) in [5, 5.41) is 0. The van der Waals surface area contributed by atoms with Gasteiger partial charge >= 0.3 is 0 Å². The van der Waals surface area contributed by atoms with Gasteiger partial charge in [-0.15, -0.1) is 0 Å². The SMILES string of the molecule is [3H]CCCCP(=C)(C)O. The molecule has 0 aromatic heterocycles. The Morgan fingerprint density at radius 1 is 1.88 bits per heavy atom. The summed E-state index contributed by atoms with van der Waals surface area (Å²) in [5.41, 5.74) is 0. The van der Waals surface area contributed by atoms with Gasteiger partial charge in [0.1, 0.15) is 0 Å². The first-order valence-electron chi connectivity index (χ1n) is 3.49. The van der Waals surface area contributed by atoms with Crippen LogP contribution in [0.3, 0.4) is 0 Å². The van der Waals surface area contributed by atoms with Crippen molar-refractivity contribution in [1.29, 1.82) is 0 Å². The summed E-state index contributed by atoms with van der Waals surface area (Å²) in [6, 6.07) is 0. The molecular formula is C6H15OP. The van der Waals surface area contributed by atoms with Gasteiger partial charge in [0.05, 0.1) is 0 Å². The molecule has 8 heavy (non-hydrogen) atoms. The van der Waals surface area contributed by atoms with Gasteiger partial charge in [0.2, 0.25) is 0 Å². The molecule has 0 aliphatic carbocycles. The van der Waals surface area contributed by atoms with E-state index in [4.69, 9.17) is 1.37 Å². The highest BCUT2D eigenvalue weighted by molar-refractivity contribution is 7.67. The molecule has 2 heteroatoms. The minimum absolute atomic E-state index is 0.472. The molecule has 0 amide bonds. The number of rotatable bonds is 3. The monoisotopic (exact) mass is 136 g/mol. The molecule has 0 heterocycles. The van der Waals surface area contributed by atoms with Crippen LogP contribution < -0.4 is 0 Å². The third kappa shape index (κ3) is 6.26. The fourth-order valence-electron chi connectivity index (χ4n) is 0.452. The fourth-order valence-corrected chi connectivity index (χ4v) is 1.36. The fraction of sp³-hybridized carbons (Fsp3) is 0.833. The van der Waals surface area contributed by atoms with Gasteiger partial charge < -0.3 is 4.89 Å². The van der Waals surface area contributed by atoms with Crippen molar-refractivity contribution in [3.8, 4) is 0 Å². The second kappa shape index (κ2) is 3.32. The molecule has 0 aromatic rings. The highest BCUT2D eigenvalue weighted by atomic mass is 31.2. The van der Waals surface area contributed by atoms with Crippen molar-refractivity contribution in [2.45, 2.75) is 19.7 Å². The lowest BCUT2D eigenvalue weighted by molar-refractivity contribution is 0.621. The van der Waals surface area contributed by atoms with Crippen LogP contribution in [0.15, 0.2) is 0 Å². The molecule has 0 spiro atoms. The molecule has 0 bridgehead atoms. The zero-order valence-electron chi connectivity index (χ0n) is 6.43. The molecule has 0 radical (unpaired) electrons. The van der Waals surface area contributed by atoms with Crippen molar-refractivity contribution >= 4 is 13.4 Å². The lowest BCUT2D eigenvalue weighted by Crippen LogP contribution is -1.84. The summed E-state index contributed by atoms with van der Waals surface area (Å²) < 4.78 is 6.82. The summed E-state index contributed by atoms with van der Waals surface area (Å²) in [4.78, 5) is 9.18. The number of hydrogen-bond donors (Lipinski definition) is 1. The summed E-state index contributed by atoms with van der Waals surface area (Å²) in [6.07, 6.45) is 6.31. The Kier molecular flexibility index (Phi) is 2.65. The largest absolute Gasteiger partial charge is 0.377 e. The molecule has 1 unspecified atom stereocenters. The molecule has 0 rings (SSSR count). The smallest absolute Gasteiger partial charge is 0.0230 e. The van der Waals surface area contributed by atoms with Gasteiger partial charge in [0.15, 0.2) is 0 Å². The molecule has 1 nitrogen and oxygen atoms in total. The maximum absolute atomic E-state index is 9.18. The van der Waals surface area contributed by atoms with Crippen molar-refractivity contribution in [3.63, 3.8) is 0 Å². The first-order chi connectivity index (χ1) is 4.06. The van der Waals surface area contributed by atoms with E-state index in [9.17, 15) is 4.89 Å². The third-order valence-electron chi connectivity index (χ3n) is 0.890. The molecule has 50 valence electrons. The summed E-state index contributed by atoms with van der Waals surface area (Å²) >= 11 is 0. The standard InChI is InChI=1S/C6H15OP/c1-4-5-6-8(2,3)7/h7H,2,4-6H2,1,3H3/i1T. The van der Waals surface area contributed by atoms with Crippen molar-refractivity contribution in [2.24, 2.45) is 0 Å². The predicted molar refractivity (Wildman–Crippen MR) is 42.0 cm³/mol. The second-order valence-corrected chi connectivity index (χ2v) is 5.39. The zero-order chi connectivity index (χ0) is 7.33. The maximum atomic E-state index is 9.18. The topological polar surface area (TPSA) is 20.2 Å². The summed E-state index contributed by atoms with van der Waals surface area (Å²) in [5.74, 6) is 0. The average molecular weight is 136 g/mol. The molecule has 0 fully saturated rings. The molecular weight excluding hydrogens is 119 g/mol. The van der Waals surface area contributed by atoms with Crippen LogP contribution in [-0.2, 0) is 0 Å². The first kappa shape index (κ1) is 6.38. The van der Waals surface area contributed by atoms with E-state index in [0.717, 1.165) is 19.0 Å². The van der Waals surface area contributed by atoms with Gasteiger partial charge in [-0.3, -0.25) is 0 Å². The molecule has 0 aliphatic rings. The Balaban J connectivity index is 3.18. The van der Waals surface area contributed by atoms with Crippen molar-refractivity contribution in [1.82, 2.24) is 0 Å². The van der Waals surface area contributed by atoms with E-state index >= 15 is 0 Å². The highest BCUT2D eigenvalue weighted by Crippen LogP contribution is 2.35. The first-order valence-corrected chi connectivity index (χ1v) is 5.34. The van der Waals surface area contributed by atoms with Crippen LogP contribution in [0, 0.1) is 0 Å². The van der Waals surface area contributed by atoms with E-state index in [-0.39, 0.29) is 0 Å². The van der Waals surface area contributed by atoms with Crippen LogP contribution in [-0.4, -0.2) is 24.0 Å². The highest BCUT2D eigenvalue weighted by Gasteiger charge is 1.97. The van der Waals surface area contributed by atoms with Crippen LogP contribution in [0.2, 0.25) is 0 Å². The van der Waals surface area contributed by atoms with E-state index < -0.39 is 7.11 Å². The molecule has 1 N–H and O–H groups in total. The number of unbranched alkanes of at least 4 members (excludes halogenated alkanes) is 1. The van der Waals surface area contributed by atoms with E-state index in [1.807, 2.05) is 0 Å². The summed E-state index contributed by atoms with van der Waals surface area (Å²) in [6.45, 7) is 2.27. The van der Waals surface area contributed by atoms with Gasteiger partial charge in [0.25, 0.3) is 0 Å². The predicted octanol–water partition coefficient (Wildman–Crippen LogP) is 1.77. The Hall–Kier alpha value is 0.260. The minimum atomic E-state index is -1.78. The maximum Gasteiger partial charge on any atom is 0.0230 e. The number of hydrogen-bond acceptors (Lipinski definition) is 1. The van der Waals surface area contributed by atoms with Gasteiger partial charge in [-0.2, -0.15) is 0 Å². The Bertz CT molecular complexity index is 108. The van der Waals surface area contributed by atoms with Gasteiger partial charge in [0, 0.05) is 1.37 Å². The van der Waals surface area contributed by atoms with Crippen molar-refractivity contribution in [2.75, 3.05) is 12.8 Å². The molecule has 0 aliphatic heterocycles. The average Bonchev–Trinajstić information content (AvgIpc) is 1.63. The Labute approximate surface area is 53.2 Å². The van der Waals surface area contributed by atoms with E-state index in [2.05, 4.69) is 6.30 Å². The lowest BCUT2D eigenvalue weighted by Gasteiger charge is -2.08. The minimum Gasteiger partial charge on any atom is -0.377 e. The van der Waals surface area contributed by atoms with Crippen molar-refractivity contribution < 1.29 is 6.26 Å². The summed E-state index contributed by atoms with van der Waals surface area (Å²) in [7, 11) is -1.78. The molecule has 1 atom stereocenters. The van der Waals surface area contributed by atoms with Crippen LogP contribution in [0.4, 0.5) is 0 Å². The second-order valence-electron chi connectivity index (χ2n) is 2.27. The molecule has 0 saturated carbocycles. The van der Waals surface area contributed by atoms with E-state index in [0.29, 0.717) is 6.90 Å². The van der Waals surface area contributed by atoms with E-state index in [1.54, 1.807) is 6.66 Å². The van der Waals surface area contributed by atoms with Crippen LogP contribution >= 0.6 is 7.11 Å².